The van der Waals surface area contributed by atoms with Crippen LogP contribution in [0.4, 0.5) is 0 Å². The summed E-state index contributed by atoms with van der Waals surface area (Å²) in [7, 11) is 0. The minimum Gasteiger partial charge on any atom is -0.507 e. The molecule has 26 heavy (non-hydrogen) atoms. The number of carbonyl (C=O) groups is 2. The highest BCUT2D eigenvalue weighted by Crippen LogP contribution is 2.41. The molecule has 1 heterocycles. The molecule has 132 valence electrons. The van der Waals surface area contributed by atoms with Crippen molar-refractivity contribution in [2.75, 3.05) is 5.75 Å². The second-order valence-electron chi connectivity index (χ2n) is 6.81. The van der Waals surface area contributed by atoms with Gasteiger partial charge >= 0.3 is 5.97 Å². The van der Waals surface area contributed by atoms with Gasteiger partial charge in [-0.2, -0.15) is 0 Å². The van der Waals surface area contributed by atoms with Crippen molar-refractivity contribution >= 4 is 23.5 Å². The fraction of sp³-hybridized carbons (Fsp3) is 0.238. The number of hydrogen-bond acceptors (Lipinski definition) is 4. The van der Waals surface area contributed by atoms with Crippen LogP contribution >= 0.6 is 11.8 Å². The van der Waals surface area contributed by atoms with E-state index in [9.17, 15) is 14.7 Å². The summed E-state index contributed by atoms with van der Waals surface area (Å²) in [6.45, 7) is 4.36. The molecule has 0 saturated heterocycles. The predicted octanol–water partition coefficient (Wildman–Crippen LogP) is 4.10. The van der Waals surface area contributed by atoms with Gasteiger partial charge in [-0.1, -0.05) is 19.8 Å². The highest BCUT2D eigenvalue weighted by atomic mass is 32.2. The Bertz CT molecular complexity index is 964. The van der Waals surface area contributed by atoms with Crippen LogP contribution < -0.4 is 0 Å². The smallest absolute Gasteiger partial charge is 0.339 e. The molecule has 5 heteroatoms. The summed E-state index contributed by atoms with van der Waals surface area (Å²) >= 11 is 1.80. The highest BCUT2D eigenvalue weighted by Gasteiger charge is 2.28. The summed E-state index contributed by atoms with van der Waals surface area (Å²) < 4.78 is 0. The number of benzene rings is 2. The van der Waals surface area contributed by atoms with Crippen molar-refractivity contribution in [3.8, 4) is 17.6 Å². The molecule has 0 radical (unpaired) electrons. The van der Waals surface area contributed by atoms with Gasteiger partial charge in [0, 0.05) is 16.0 Å². The Balaban J connectivity index is 1.87. The third-order valence-corrected chi connectivity index (χ3v) is 5.58. The highest BCUT2D eigenvalue weighted by molar-refractivity contribution is 7.99. The predicted molar refractivity (Wildman–Crippen MR) is 101 cm³/mol. The zero-order valence-corrected chi connectivity index (χ0v) is 15.3. The fourth-order valence-electron chi connectivity index (χ4n) is 2.87. The molecule has 0 aromatic heterocycles. The summed E-state index contributed by atoms with van der Waals surface area (Å²) in [6, 6.07) is 9.67. The summed E-state index contributed by atoms with van der Waals surface area (Å²) in [5, 5.41) is 18.6. The van der Waals surface area contributed by atoms with E-state index < -0.39 is 5.97 Å². The van der Waals surface area contributed by atoms with Crippen molar-refractivity contribution in [2.24, 2.45) is 0 Å². The zero-order chi connectivity index (χ0) is 18.9. The van der Waals surface area contributed by atoms with E-state index in [4.69, 9.17) is 5.11 Å². The Labute approximate surface area is 156 Å². The number of carbonyl (C=O) groups excluding carboxylic acids is 1. The van der Waals surface area contributed by atoms with Crippen LogP contribution in [0.25, 0.3) is 0 Å². The van der Waals surface area contributed by atoms with Crippen LogP contribution in [0.15, 0.2) is 41.3 Å². The Morgan fingerprint density at radius 2 is 1.92 bits per heavy atom. The molecule has 2 aromatic rings. The van der Waals surface area contributed by atoms with Crippen LogP contribution in [0.5, 0.6) is 5.75 Å². The van der Waals surface area contributed by atoms with Gasteiger partial charge in [0.05, 0.1) is 0 Å². The molecule has 1 aliphatic rings. The lowest BCUT2D eigenvalue weighted by Gasteiger charge is -2.32. The number of ketones is 1. The topological polar surface area (TPSA) is 74.6 Å². The third-order valence-electron chi connectivity index (χ3n) is 4.50. The van der Waals surface area contributed by atoms with Crippen LogP contribution in [0, 0.1) is 11.8 Å². The normalized spacial score (nSPS) is 14.7. The van der Waals surface area contributed by atoms with Gasteiger partial charge in [0.25, 0.3) is 0 Å². The monoisotopic (exact) mass is 366 g/mol. The van der Waals surface area contributed by atoms with Crippen molar-refractivity contribution < 1.29 is 19.8 Å². The number of aromatic hydroxyl groups is 1. The molecule has 2 aromatic carbocycles. The number of rotatable bonds is 2. The second-order valence-corrected chi connectivity index (χ2v) is 7.95. The Morgan fingerprint density at radius 3 is 2.62 bits per heavy atom. The minimum atomic E-state index is -1.22. The molecule has 1 aliphatic heterocycles. The summed E-state index contributed by atoms with van der Waals surface area (Å²) in [5.41, 5.74) is 1.93. The average Bonchev–Trinajstić information content (AvgIpc) is 2.59. The first-order valence-electron chi connectivity index (χ1n) is 8.18. The maximum absolute atomic E-state index is 12.4. The maximum atomic E-state index is 12.4. The summed E-state index contributed by atoms with van der Waals surface area (Å²) in [5.74, 6) is 4.45. The Kier molecular flexibility index (Phi) is 4.80. The van der Waals surface area contributed by atoms with E-state index in [1.54, 1.807) is 17.8 Å². The third kappa shape index (κ3) is 3.61. The van der Waals surface area contributed by atoms with Crippen molar-refractivity contribution in [3.05, 3.63) is 58.7 Å². The van der Waals surface area contributed by atoms with Gasteiger partial charge in [-0.05, 0) is 65.5 Å². The lowest BCUT2D eigenvalue weighted by Crippen LogP contribution is -2.23. The van der Waals surface area contributed by atoms with E-state index in [0.29, 0.717) is 11.1 Å². The van der Waals surface area contributed by atoms with Gasteiger partial charge in [-0.25, -0.2) is 4.79 Å². The molecule has 2 N–H and O–H groups in total. The van der Waals surface area contributed by atoms with Gasteiger partial charge < -0.3 is 10.2 Å². The van der Waals surface area contributed by atoms with Crippen molar-refractivity contribution in [1.29, 1.82) is 0 Å². The number of carboxylic acids is 1. The van der Waals surface area contributed by atoms with Crippen molar-refractivity contribution in [2.45, 2.75) is 30.6 Å². The minimum absolute atomic E-state index is 0.0305. The maximum Gasteiger partial charge on any atom is 0.339 e. The van der Waals surface area contributed by atoms with Gasteiger partial charge in [-0.15, -0.1) is 11.8 Å². The number of thioether (sulfide) groups is 1. The number of Topliss-reactive ketones (excluding diaryl/α,β-unsaturated/α-hetero) is 1. The van der Waals surface area contributed by atoms with Gasteiger partial charge in [0.15, 0.2) is 0 Å². The molecular weight excluding hydrogens is 348 g/mol. The molecule has 0 fully saturated rings. The lowest BCUT2D eigenvalue weighted by molar-refractivity contribution is 0.0693. The molecule has 0 aliphatic carbocycles. The number of fused-ring (bicyclic) bond motifs is 1. The number of hydrogen-bond donors (Lipinski definition) is 2. The first-order valence-corrected chi connectivity index (χ1v) is 9.16. The fourth-order valence-corrected chi connectivity index (χ4v) is 4.36. The van der Waals surface area contributed by atoms with Crippen LogP contribution in [0.2, 0.25) is 0 Å². The first-order chi connectivity index (χ1) is 12.3. The molecule has 3 rings (SSSR count). The molecule has 0 amide bonds. The van der Waals surface area contributed by atoms with E-state index in [0.717, 1.165) is 12.2 Å². The van der Waals surface area contributed by atoms with Gasteiger partial charge in [0.1, 0.15) is 11.3 Å². The molecular formula is C21H18O4S. The molecule has 0 atom stereocenters. The van der Waals surface area contributed by atoms with Crippen LogP contribution in [-0.4, -0.2) is 27.7 Å². The summed E-state index contributed by atoms with van der Waals surface area (Å²) in [4.78, 5) is 24.5. The standard InChI is InChI=1S/C21H18O4S/c1-21(2)9-10-26-19-8-5-14(12-16(19)21)17(22)7-4-13-3-6-15(20(24)25)18(23)11-13/h3,5-6,8,11-12,23H,9-10H2,1-2H3,(H,24,25). The second kappa shape index (κ2) is 6.89. The first kappa shape index (κ1) is 18.1. The number of carboxylic acid groups (broad SMARTS) is 1. The van der Waals surface area contributed by atoms with Crippen LogP contribution in [0.1, 0.15) is 52.1 Å². The van der Waals surface area contributed by atoms with E-state index >= 15 is 0 Å². The Hall–Kier alpha value is -2.71. The summed E-state index contributed by atoms with van der Waals surface area (Å²) in [6.07, 6.45) is 1.06. The number of aromatic carboxylic acids is 1. The van der Waals surface area contributed by atoms with Crippen molar-refractivity contribution in [1.82, 2.24) is 0 Å². The van der Waals surface area contributed by atoms with E-state index in [-0.39, 0.29) is 22.5 Å². The van der Waals surface area contributed by atoms with E-state index in [1.165, 1.54) is 28.7 Å². The van der Waals surface area contributed by atoms with E-state index in [2.05, 4.69) is 25.7 Å². The van der Waals surface area contributed by atoms with Crippen molar-refractivity contribution in [3.63, 3.8) is 0 Å². The van der Waals surface area contributed by atoms with Crippen LogP contribution in [-0.2, 0) is 5.41 Å². The molecule has 0 bridgehead atoms. The molecule has 0 spiro atoms. The van der Waals surface area contributed by atoms with Gasteiger partial charge in [0.2, 0.25) is 5.78 Å². The molecule has 0 saturated carbocycles. The molecule has 4 nitrogen and oxygen atoms in total. The Morgan fingerprint density at radius 1 is 1.15 bits per heavy atom. The van der Waals surface area contributed by atoms with E-state index in [1.807, 2.05) is 12.1 Å². The quantitative estimate of drug-likeness (QED) is 0.618. The zero-order valence-electron chi connectivity index (χ0n) is 14.5. The van der Waals surface area contributed by atoms with Crippen LogP contribution in [0.3, 0.4) is 0 Å². The SMILES string of the molecule is CC1(C)CCSc2ccc(C(=O)C#Cc3ccc(C(=O)O)c(O)c3)cc21. The lowest BCUT2D eigenvalue weighted by atomic mass is 9.81. The largest absolute Gasteiger partial charge is 0.507 e. The average molecular weight is 366 g/mol. The molecule has 0 unspecified atom stereocenters. The number of phenols is 1. The van der Waals surface area contributed by atoms with Gasteiger partial charge in [-0.3, -0.25) is 4.79 Å².